The second kappa shape index (κ2) is 5.86. The highest BCUT2D eigenvalue weighted by molar-refractivity contribution is 5.83. The molecule has 0 fully saturated rings. The van der Waals surface area contributed by atoms with Crippen molar-refractivity contribution in [2.24, 2.45) is 0 Å². The Morgan fingerprint density at radius 1 is 1.27 bits per heavy atom. The maximum atomic E-state index is 11.2. The zero-order valence-corrected chi connectivity index (χ0v) is 8.84. The van der Waals surface area contributed by atoms with Crippen LogP contribution in [0.2, 0.25) is 0 Å². The number of carbonyl (C=O) groups is 1. The molecule has 15 heavy (non-hydrogen) atoms. The van der Waals surface area contributed by atoms with E-state index in [1.165, 1.54) is 12.3 Å². The lowest BCUT2D eigenvalue weighted by Gasteiger charge is -2.03. The average Bonchev–Trinajstić information content (AvgIpc) is 2.18. The second-order valence-electron chi connectivity index (χ2n) is 3.22. The fourth-order valence-electron chi connectivity index (χ4n) is 0.891. The first kappa shape index (κ1) is 11.3. The molecule has 1 aromatic carbocycles. The molecule has 0 saturated heterocycles. The molecule has 0 bridgehead atoms. The lowest BCUT2D eigenvalue weighted by Crippen LogP contribution is -2.04. The summed E-state index contributed by atoms with van der Waals surface area (Å²) >= 11 is 0. The minimum Gasteiger partial charge on any atom is -0.498 e. The minimum atomic E-state index is -0.443. The Balaban J connectivity index is 2.40. The third-order valence-corrected chi connectivity index (χ3v) is 1.52. The summed E-state index contributed by atoms with van der Waals surface area (Å²) in [4.78, 5) is 11.2. The standard InChI is InChI=1S/C12H14O3/c1-10(2)14-9-8-12(13)15-11-6-4-3-5-7-11/h3-10H,1-2H3. The summed E-state index contributed by atoms with van der Waals surface area (Å²) in [5.74, 6) is 0.0820. The van der Waals surface area contributed by atoms with E-state index in [1.807, 2.05) is 19.9 Å². The van der Waals surface area contributed by atoms with Gasteiger partial charge in [0.15, 0.2) is 0 Å². The van der Waals surface area contributed by atoms with Crippen LogP contribution in [0, 0.1) is 0 Å². The average molecular weight is 206 g/mol. The summed E-state index contributed by atoms with van der Waals surface area (Å²) in [6.07, 6.45) is 2.66. The fourth-order valence-corrected chi connectivity index (χ4v) is 0.891. The topological polar surface area (TPSA) is 35.5 Å². The number of ether oxygens (including phenoxy) is 2. The monoisotopic (exact) mass is 206 g/mol. The summed E-state index contributed by atoms with van der Waals surface area (Å²) in [6, 6.07) is 8.90. The van der Waals surface area contributed by atoms with E-state index >= 15 is 0 Å². The molecule has 0 aliphatic heterocycles. The van der Waals surface area contributed by atoms with Gasteiger partial charge in [-0.2, -0.15) is 0 Å². The molecule has 0 aliphatic carbocycles. The summed E-state index contributed by atoms with van der Waals surface area (Å²) in [6.45, 7) is 3.76. The number of benzene rings is 1. The molecular weight excluding hydrogens is 192 g/mol. The van der Waals surface area contributed by atoms with Crippen molar-refractivity contribution in [1.29, 1.82) is 0 Å². The molecule has 80 valence electrons. The molecule has 1 aromatic rings. The summed E-state index contributed by atoms with van der Waals surface area (Å²) in [7, 11) is 0. The molecule has 0 N–H and O–H groups in total. The number of esters is 1. The first-order chi connectivity index (χ1) is 7.18. The molecule has 0 atom stereocenters. The highest BCUT2D eigenvalue weighted by Gasteiger charge is 1.98. The van der Waals surface area contributed by atoms with Gasteiger partial charge in [0.2, 0.25) is 0 Å². The van der Waals surface area contributed by atoms with Gasteiger partial charge in [0.1, 0.15) is 5.75 Å². The second-order valence-corrected chi connectivity index (χ2v) is 3.22. The summed E-state index contributed by atoms with van der Waals surface area (Å²) in [5.41, 5.74) is 0. The molecule has 3 heteroatoms. The summed E-state index contributed by atoms with van der Waals surface area (Å²) < 4.78 is 10.1. The van der Waals surface area contributed by atoms with Crippen LogP contribution in [0.5, 0.6) is 5.75 Å². The van der Waals surface area contributed by atoms with Gasteiger partial charge in [-0.1, -0.05) is 18.2 Å². The smallest absolute Gasteiger partial charge is 0.339 e. The van der Waals surface area contributed by atoms with Crippen molar-refractivity contribution in [3.05, 3.63) is 42.7 Å². The lowest BCUT2D eigenvalue weighted by atomic mass is 10.3. The normalized spacial score (nSPS) is 10.6. The maximum Gasteiger partial charge on any atom is 0.339 e. The number of hydrogen-bond acceptors (Lipinski definition) is 3. The van der Waals surface area contributed by atoms with Crippen molar-refractivity contribution in [3.63, 3.8) is 0 Å². The molecule has 0 heterocycles. The molecule has 0 amide bonds. The number of rotatable bonds is 4. The number of hydrogen-bond donors (Lipinski definition) is 0. The van der Waals surface area contributed by atoms with Crippen LogP contribution in [0.4, 0.5) is 0 Å². The quantitative estimate of drug-likeness (QED) is 0.328. The van der Waals surface area contributed by atoms with Crippen LogP contribution in [0.25, 0.3) is 0 Å². The number of para-hydroxylation sites is 1. The fraction of sp³-hybridized carbons (Fsp3) is 0.250. The van der Waals surface area contributed by atoms with E-state index in [9.17, 15) is 4.79 Å². The van der Waals surface area contributed by atoms with Crippen molar-refractivity contribution in [2.45, 2.75) is 20.0 Å². The van der Waals surface area contributed by atoms with E-state index in [2.05, 4.69) is 0 Å². The number of carbonyl (C=O) groups excluding carboxylic acids is 1. The Labute approximate surface area is 89.3 Å². The van der Waals surface area contributed by atoms with Crippen molar-refractivity contribution in [2.75, 3.05) is 0 Å². The van der Waals surface area contributed by atoms with Crippen molar-refractivity contribution in [3.8, 4) is 5.75 Å². The van der Waals surface area contributed by atoms with Gasteiger partial charge in [0, 0.05) is 0 Å². The molecule has 1 rings (SSSR count). The first-order valence-corrected chi connectivity index (χ1v) is 4.77. The van der Waals surface area contributed by atoms with Gasteiger partial charge < -0.3 is 9.47 Å². The Bertz CT molecular complexity index is 328. The van der Waals surface area contributed by atoms with Crippen molar-refractivity contribution < 1.29 is 14.3 Å². The van der Waals surface area contributed by atoms with Crippen LogP contribution >= 0.6 is 0 Å². The highest BCUT2D eigenvalue weighted by atomic mass is 16.5. The zero-order chi connectivity index (χ0) is 11.1. The van der Waals surface area contributed by atoms with Gasteiger partial charge in [-0.15, -0.1) is 0 Å². The SMILES string of the molecule is CC(C)OC=CC(=O)Oc1ccccc1. The van der Waals surface area contributed by atoms with Crippen molar-refractivity contribution >= 4 is 5.97 Å². The van der Waals surface area contributed by atoms with E-state index in [0.29, 0.717) is 5.75 Å². The minimum absolute atomic E-state index is 0.0609. The summed E-state index contributed by atoms with van der Waals surface area (Å²) in [5, 5.41) is 0. The molecule has 0 spiro atoms. The molecule has 0 saturated carbocycles. The van der Waals surface area contributed by atoms with E-state index in [1.54, 1.807) is 24.3 Å². The van der Waals surface area contributed by atoms with Crippen LogP contribution in [0.15, 0.2) is 42.7 Å². The van der Waals surface area contributed by atoms with E-state index in [4.69, 9.17) is 9.47 Å². The Kier molecular flexibility index (Phi) is 4.41. The zero-order valence-electron chi connectivity index (χ0n) is 8.84. The Morgan fingerprint density at radius 3 is 2.53 bits per heavy atom. The van der Waals surface area contributed by atoms with Gasteiger partial charge in [0.05, 0.1) is 18.4 Å². The highest BCUT2D eigenvalue weighted by Crippen LogP contribution is 2.08. The maximum absolute atomic E-state index is 11.2. The largest absolute Gasteiger partial charge is 0.498 e. The predicted octanol–water partition coefficient (Wildman–Crippen LogP) is 2.53. The van der Waals surface area contributed by atoms with E-state index in [-0.39, 0.29) is 6.10 Å². The first-order valence-electron chi connectivity index (χ1n) is 4.77. The van der Waals surface area contributed by atoms with Gasteiger partial charge in [-0.3, -0.25) is 0 Å². The Hall–Kier alpha value is -1.77. The third kappa shape index (κ3) is 4.86. The van der Waals surface area contributed by atoms with Gasteiger partial charge >= 0.3 is 5.97 Å². The van der Waals surface area contributed by atoms with Crippen LogP contribution in [0.3, 0.4) is 0 Å². The molecule has 0 radical (unpaired) electrons. The van der Waals surface area contributed by atoms with Gasteiger partial charge in [0.25, 0.3) is 0 Å². The lowest BCUT2D eigenvalue weighted by molar-refractivity contribution is -0.129. The van der Waals surface area contributed by atoms with Crippen LogP contribution in [-0.4, -0.2) is 12.1 Å². The van der Waals surface area contributed by atoms with Crippen LogP contribution < -0.4 is 4.74 Å². The third-order valence-electron chi connectivity index (χ3n) is 1.52. The van der Waals surface area contributed by atoms with E-state index in [0.717, 1.165) is 0 Å². The van der Waals surface area contributed by atoms with Crippen LogP contribution in [-0.2, 0) is 9.53 Å². The molecular formula is C12H14O3. The molecule has 0 unspecified atom stereocenters. The molecule has 0 aliphatic rings. The van der Waals surface area contributed by atoms with Crippen molar-refractivity contribution in [1.82, 2.24) is 0 Å². The van der Waals surface area contributed by atoms with E-state index < -0.39 is 5.97 Å². The Morgan fingerprint density at radius 2 is 1.93 bits per heavy atom. The van der Waals surface area contributed by atoms with Gasteiger partial charge in [-0.05, 0) is 26.0 Å². The molecule has 3 nitrogen and oxygen atoms in total. The molecule has 0 aromatic heterocycles. The predicted molar refractivity (Wildman–Crippen MR) is 57.4 cm³/mol. The van der Waals surface area contributed by atoms with Crippen LogP contribution in [0.1, 0.15) is 13.8 Å². The van der Waals surface area contributed by atoms with Gasteiger partial charge in [-0.25, -0.2) is 4.79 Å².